The number of carbonyl (C=O) groups excluding carboxylic acids is 1. The summed E-state index contributed by atoms with van der Waals surface area (Å²) in [6.07, 6.45) is 0. The molecule has 1 amide bonds. The zero-order valence-corrected chi connectivity index (χ0v) is 6.32. The molecule has 0 aromatic carbocycles. The fourth-order valence-electron chi connectivity index (χ4n) is 0.748. The highest BCUT2D eigenvalue weighted by atomic mass is 35.5. The minimum absolute atomic E-state index is 0. The normalized spacial score (nSPS) is 25.0. The molecule has 1 atom stereocenters. The second kappa shape index (κ2) is 4.49. The van der Waals surface area contributed by atoms with Crippen molar-refractivity contribution in [2.75, 3.05) is 19.8 Å². The van der Waals surface area contributed by atoms with Crippen LogP contribution in [0.5, 0.6) is 0 Å². The van der Waals surface area contributed by atoms with Gasteiger partial charge >= 0.3 is 0 Å². The van der Waals surface area contributed by atoms with Crippen LogP contribution in [0, 0.1) is 0 Å². The molecular formula is C5H11ClN2O2. The third kappa shape index (κ3) is 2.51. The Balaban J connectivity index is 0.000000810. The van der Waals surface area contributed by atoms with Gasteiger partial charge in [-0.25, -0.2) is 0 Å². The van der Waals surface area contributed by atoms with Crippen LogP contribution in [-0.2, 0) is 9.53 Å². The molecule has 0 aromatic heterocycles. The molecule has 1 aliphatic heterocycles. The number of hydrogen-bond acceptors (Lipinski definition) is 3. The lowest BCUT2D eigenvalue weighted by atomic mass is 10.3. The Labute approximate surface area is 65.5 Å². The summed E-state index contributed by atoms with van der Waals surface area (Å²) in [7, 11) is 0. The number of carbonyl (C=O) groups is 1. The first kappa shape index (κ1) is 9.68. The third-order valence-electron chi connectivity index (χ3n) is 1.27. The second-order valence-electron chi connectivity index (χ2n) is 1.98. The lowest BCUT2D eigenvalue weighted by Crippen LogP contribution is -2.49. The summed E-state index contributed by atoms with van der Waals surface area (Å²) in [4.78, 5) is 10.4. The van der Waals surface area contributed by atoms with Crippen LogP contribution in [0.15, 0.2) is 0 Å². The van der Waals surface area contributed by atoms with Gasteiger partial charge in [0.25, 0.3) is 0 Å². The number of halogens is 1. The summed E-state index contributed by atoms with van der Waals surface area (Å²) in [5.74, 6) is -0.338. The van der Waals surface area contributed by atoms with Gasteiger partial charge in [-0.1, -0.05) is 0 Å². The van der Waals surface area contributed by atoms with Crippen LogP contribution in [0.4, 0.5) is 0 Å². The smallest absolute Gasteiger partial charge is 0.236 e. The topological polar surface area (TPSA) is 64.4 Å². The van der Waals surface area contributed by atoms with E-state index in [4.69, 9.17) is 10.5 Å². The first-order valence-electron chi connectivity index (χ1n) is 2.91. The van der Waals surface area contributed by atoms with E-state index in [0.29, 0.717) is 19.8 Å². The van der Waals surface area contributed by atoms with Gasteiger partial charge in [0.15, 0.2) is 0 Å². The van der Waals surface area contributed by atoms with E-state index < -0.39 is 0 Å². The highest BCUT2D eigenvalue weighted by Gasteiger charge is 2.17. The molecule has 1 saturated heterocycles. The van der Waals surface area contributed by atoms with Gasteiger partial charge in [0, 0.05) is 6.54 Å². The Hall–Kier alpha value is -0.320. The lowest BCUT2D eigenvalue weighted by molar-refractivity contribution is -0.122. The van der Waals surface area contributed by atoms with Crippen LogP contribution in [0.2, 0.25) is 0 Å². The average molecular weight is 167 g/mol. The highest BCUT2D eigenvalue weighted by Crippen LogP contribution is 1.89. The van der Waals surface area contributed by atoms with Crippen LogP contribution < -0.4 is 11.1 Å². The molecule has 1 heterocycles. The standard InChI is InChI=1S/C5H10N2O2.ClH/c6-5(8)4-3-9-2-1-7-4;/h4,7H,1-3H2,(H2,6,8);1H/t4-;/m1./s1. The molecule has 0 radical (unpaired) electrons. The number of primary amides is 1. The number of amides is 1. The Kier molecular flexibility index (Phi) is 4.34. The summed E-state index contributed by atoms with van der Waals surface area (Å²) >= 11 is 0. The first-order chi connectivity index (χ1) is 4.30. The molecule has 60 valence electrons. The van der Waals surface area contributed by atoms with Crippen molar-refractivity contribution in [1.82, 2.24) is 5.32 Å². The van der Waals surface area contributed by atoms with Crippen molar-refractivity contribution in [1.29, 1.82) is 0 Å². The minimum Gasteiger partial charge on any atom is -0.378 e. The fraction of sp³-hybridized carbons (Fsp3) is 0.800. The number of nitrogens with one attached hydrogen (secondary N) is 1. The van der Waals surface area contributed by atoms with Gasteiger partial charge in [0.05, 0.1) is 13.2 Å². The van der Waals surface area contributed by atoms with Gasteiger partial charge in [-0.05, 0) is 0 Å². The predicted octanol–water partition coefficient (Wildman–Crippen LogP) is -1.12. The van der Waals surface area contributed by atoms with Gasteiger partial charge < -0.3 is 15.8 Å². The van der Waals surface area contributed by atoms with E-state index in [9.17, 15) is 4.79 Å². The number of hydrogen-bond donors (Lipinski definition) is 2. The van der Waals surface area contributed by atoms with E-state index in [0.717, 1.165) is 0 Å². The number of morpholine rings is 1. The van der Waals surface area contributed by atoms with Gasteiger partial charge in [0.2, 0.25) is 5.91 Å². The van der Waals surface area contributed by atoms with Crippen molar-refractivity contribution in [3.05, 3.63) is 0 Å². The average Bonchev–Trinajstić information content (AvgIpc) is 1.90. The number of nitrogens with two attached hydrogens (primary N) is 1. The summed E-state index contributed by atoms with van der Waals surface area (Å²) < 4.78 is 4.98. The molecule has 0 spiro atoms. The molecule has 0 bridgehead atoms. The monoisotopic (exact) mass is 166 g/mol. The lowest BCUT2D eigenvalue weighted by Gasteiger charge is -2.20. The molecule has 0 aromatic rings. The van der Waals surface area contributed by atoms with Crippen LogP contribution in [-0.4, -0.2) is 31.7 Å². The fourth-order valence-corrected chi connectivity index (χ4v) is 0.748. The van der Waals surface area contributed by atoms with Crippen molar-refractivity contribution in [3.8, 4) is 0 Å². The van der Waals surface area contributed by atoms with Crippen molar-refractivity contribution in [3.63, 3.8) is 0 Å². The third-order valence-corrected chi connectivity index (χ3v) is 1.27. The van der Waals surface area contributed by atoms with Crippen molar-refractivity contribution < 1.29 is 9.53 Å². The maximum absolute atomic E-state index is 10.4. The molecule has 4 nitrogen and oxygen atoms in total. The van der Waals surface area contributed by atoms with E-state index >= 15 is 0 Å². The van der Waals surface area contributed by atoms with E-state index in [1.54, 1.807) is 0 Å². The maximum Gasteiger partial charge on any atom is 0.236 e. The largest absolute Gasteiger partial charge is 0.378 e. The second-order valence-corrected chi connectivity index (χ2v) is 1.98. The molecule has 1 fully saturated rings. The quantitative estimate of drug-likeness (QED) is 0.519. The van der Waals surface area contributed by atoms with Crippen LogP contribution >= 0.6 is 12.4 Å². The van der Waals surface area contributed by atoms with Gasteiger partial charge in [-0.2, -0.15) is 0 Å². The zero-order chi connectivity index (χ0) is 6.69. The molecule has 1 rings (SSSR count). The minimum atomic E-state index is -0.338. The summed E-state index contributed by atoms with van der Waals surface area (Å²) in [6, 6.07) is -0.279. The van der Waals surface area contributed by atoms with Gasteiger partial charge in [0.1, 0.15) is 6.04 Å². The zero-order valence-electron chi connectivity index (χ0n) is 5.50. The molecule has 5 heteroatoms. The Morgan fingerprint density at radius 2 is 2.40 bits per heavy atom. The Morgan fingerprint density at radius 1 is 1.70 bits per heavy atom. The highest BCUT2D eigenvalue weighted by molar-refractivity contribution is 5.85. The molecule has 0 unspecified atom stereocenters. The van der Waals surface area contributed by atoms with Crippen LogP contribution in [0.25, 0.3) is 0 Å². The van der Waals surface area contributed by atoms with E-state index in [-0.39, 0.29) is 24.4 Å². The molecular weight excluding hydrogens is 156 g/mol. The van der Waals surface area contributed by atoms with E-state index in [1.165, 1.54) is 0 Å². The van der Waals surface area contributed by atoms with E-state index in [2.05, 4.69) is 5.32 Å². The van der Waals surface area contributed by atoms with Crippen LogP contribution in [0.1, 0.15) is 0 Å². The predicted molar refractivity (Wildman–Crippen MR) is 39.1 cm³/mol. The van der Waals surface area contributed by atoms with Crippen molar-refractivity contribution in [2.45, 2.75) is 6.04 Å². The molecule has 0 aliphatic carbocycles. The van der Waals surface area contributed by atoms with Gasteiger partial charge in [-0.3, -0.25) is 4.79 Å². The Bertz CT molecular complexity index is 114. The summed E-state index contributed by atoms with van der Waals surface area (Å²) in [5.41, 5.74) is 4.99. The number of rotatable bonds is 1. The van der Waals surface area contributed by atoms with Crippen molar-refractivity contribution >= 4 is 18.3 Å². The number of ether oxygens (including phenoxy) is 1. The first-order valence-corrected chi connectivity index (χ1v) is 2.91. The van der Waals surface area contributed by atoms with Crippen molar-refractivity contribution in [2.24, 2.45) is 5.73 Å². The maximum atomic E-state index is 10.4. The SMILES string of the molecule is Cl.NC(=O)[C@H]1COCCN1. The molecule has 3 N–H and O–H groups in total. The summed E-state index contributed by atoms with van der Waals surface area (Å²) in [6.45, 7) is 1.80. The molecule has 10 heavy (non-hydrogen) atoms. The van der Waals surface area contributed by atoms with Gasteiger partial charge in [-0.15, -0.1) is 12.4 Å². The van der Waals surface area contributed by atoms with E-state index in [1.807, 2.05) is 0 Å². The molecule has 1 aliphatic rings. The summed E-state index contributed by atoms with van der Waals surface area (Å²) in [5, 5.41) is 2.92. The Morgan fingerprint density at radius 3 is 2.70 bits per heavy atom. The molecule has 0 saturated carbocycles. The van der Waals surface area contributed by atoms with Crippen LogP contribution in [0.3, 0.4) is 0 Å².